The van der Waals surface area contributed by atoms with Crippen LogP contribution in [0.3, 0.4) is 0 Å². The number of ether oxygens (including phenoxy) is 1. The van der Waals surface area contributed by atoms with Crippen molar-refractivity contribution in [2.45, 2.75) is 64.0 Å². The van der Waals surface area contributed by atoms with Gasteiger partial charge >= 0.3 is 6.03 Å². The second-order valence-electron chi connectivity index (χ2n) is 12.4. The van der Waals surface area contributed by atoms with E-state index in [-0.39, 0.29) is 54.5 Å². The molecule has 0 spiro atoms. The molecule has 0 unspecified atom stereocenters. The van der Waals surface area contributed by atoms with Crippen LogP contribution >= 0.6 is 0 Å². The van der Waals surface area contributed by atoms with Crippen LogP contribution in [0.1, 0.15) is 62.4 Å². The van der Waals surface area contributed by atoms with Crippen LogP contribution in [-0.4, -0.2) is 131 Å². The van der Waals surface area contributed by atoms with Crippen LogP contribution in [0, 0.1) is 0 Å². The summed E-state index contributed by atoms with van der Waals surface area (Å²) < 4.78 is 7.35. The lowest BCUT2D eigenvalue weighted by atomic mass is 9.93. The van der Waals surface area contributed by atoms with E-state index in [1.165, 1.54) is 10.7 Å². The van der Waals surface area contributed by atoms with Crippen LogP contribution < -0.4 is 15.4 Å². The molecule has 14 nitrogen and oxygen atoms in total. The molecule has 6 amide bonds. The second-order valence-corrected chi connectivity index (χ2v) is 12.4. The molecule has 3 fully saturated rings. The van der Waals surface area contributed by atoms with Gasteiger partial charge in [-0.25, -0.2) is 9.48 Å². The summed E-state index contributed by atoms with van der Waals surface area (Å²) in [4.78, 5) is 71.4. The molecule has 3 aliphatic rings. The van der Waals surface area contributed by atoms with Crippen LogP contribution in [-0.2, 0) is 14.4 Å². The van der Waals surface area contributed by atoms with Gasteiger partial charge in [-0.2, -0.15) is 5.10 Å². The van der Waals surface area contributed by atoms with Gasteiger partial charge in [-0.3, -0.25) is 19.2 Å². The van der Waals surface area contributed by atoms with E-state index in [0.717, 1.165) is 38.5 Å². The van der Waals surface area contributed by atoms with Crippen LogP contribution in [0.2, 0.25) is 0 Å². The SMILES string of the molecule is CCCCN(C)C(=O)N1CCN(C(=O)CNC(=O)c2cc(OCC(=O)N3CCC[C@H]3C(=O)NC3CCC3)n(-c3ccccc3)n2)CC1. The van der Waals surface area contributed by atoms with E-state index in [1.54, 1.807) is 38.8 Å². The largest absolute Gasteiger partial charge is 0.467 e. The molecule has 1 saturated carbocycles. The molecule has 2 aliphatic heterocycles. The van der Waals surface area contributed by atoms with Gasteiger partial charge in [0.15, 0.2) is 12.3 Å². The maximum absolute atomic E-state index is 13.2. The molecule has 2 saturated heterocycles. The highest BCUT2D eigenvalue weighted by atomic mass is 16.5. The Hall–Kier alpha value is -4.62. The van der Waals surface area contributed by atoms with Gasteiger partial charge in [0.1, 0.15) is 6.04 Å². The number of hydrogen-bond donors (Lipinski definition) is 2. The zero-order valence-corrected chi connectivity index (χ0v) is 27.4. The lowest BCUT2D eigenvalue weighted by Crippen LogP contribution is -2.54. The average Bonchev–Trinajstić information content (AvgIpc) is 3.75. The zero-order chi connectivity index (χ0) is 33.3. The van der Waals surface area contributed by atoms with E-state index >= 15 is 0 Å². The van der Waals surface area contributed by atoms with E-state index in [1.807, 2.05) is 18.2 Å². The summed E-state index contributed by atoms with van der Waals surface area (Å²) in [5, 5.41) is 10.1. The molecule has 3 heterocycles. The Morgan fingerprint density at radius 3 is 2.34 bits per heavy atom. The van der Waals surface area contributed by atoms with Crippen LogP contribution in [0.5, 0.6) is 5.88 Å². The van der Waals surface area contributed by atoms with Gasteiger partial charge in [-0.05, 0) is 50.7 Å². The number of aromatic nitrogens is 2. The van der Waals surface area contributed by atoms with Gasteiger partial charge in [0.2, 0.25) is 17.7 Å². The summed E-state index contributed by atoms with van der Waals surface area (Å²) in [6.07, 6.45) is 6.35. The highest BCUT2D eigenvalue weighted by molar-refractivity contribution is 5.95. The molecule has 1 aliphatic carbocycles. The van der Waals surface area contributed by atoms with E-state index in [0.29, 0.717) is 51.4 Å². The lowest BCUT2D eigenvalue weighted by Gasteiger charge is -2.36. The predicted molar refractivity (Wildman–Crippen MR) is 173 cm³/mol. The maximum atomic E-state index is 13.2. The maximum Gasteiger partial charge on any atom is 0.319 e. The zero-order valence-electron chi connectivity index (χ0n) is 27.4. The van der Waals surface area contributed by atoms with Gasteiger partial charge in [0.05, 0.1) is 12.2 Å². The topological polar surface area (TPSA) is 149 Å². The fraction of sp³-hybridized carbons (Fsp3) is 0.576. The third-order valence-electron chi connectivity index (χ3n) is 9.06. The molecule has 1 aromatic heterocycles. The Kier molecular flexibility index (Phi) is 11.3. The number of amides is 6. The number of carbonyl (C=O) groups is 5. The fourth-order valence-electron chi connectivity index (χ4n) is 5.98. The smallest absolute Gasteiger partial charge is 0.319 e. The number of urea groups is 1. The van der Waals surface area contributed by atoms with E-state index in [2.05, 4.69) is 22.7 Å². The average molecular weight is 651 g/mol. The summed E-state index contributed by atoms with van der Waals surface area (Å²) in [6, 6.07) is 10.1. The summed E-state index contributed by atoms with van der Waals surface area (Å²) in [7, 11) is 1.79. The number of rotatable bonds is 12. The first kappa shape index (κ1) is 33.7. The number of nitrogens with zero attached hydrogens (tertiary/aromatic N) is 6. The molecule has 2 aromatic rings. The van der Waals surface area contributed by atoms with Crippen molar-refractivity contribution in [3.8, 4) is 11.6 Å². The van der Waals surface area contributed by atoms with E-state index in [9.17, 15) is 24.0 Å². The third-order valence-corrected chi connectivity index (χ3v) is 9.06. The van der Waals surface area contributed by atoms with Crippen LogP contribution in [0.25, 0.3) is 5.69 Å². The minimum atomic E-state index is -0.567. The molecule has 5 rings (SSSR count). The molecular formula is C33H46N8O6. The van der Waals surface area contributed by atoms with Gasteiger partial charge in [-0.15, -0.1) is 0 Å². The Morgan fingerprint density at radius 1 is 0.936 bits per heavy atom. The van der Waals surface area contributed by atoms with Crippen molar-refractivity contribution in [1.29, 1.82) is 0 Å². The number of hydrogen-bond acceptors (Lipinski definition) is 7. The number of piperazine rings is 1. The number of para-hydroxylation sites is 1. The number of carbonyl (C=O) groups excluding carboxylic acids is 5. The first-order chi connectivity index (χ1) is 22.7. The molecule has 14 heteroatoms. The molecule has 47 heavy (non-hydrogen) atoms. The van der Waals surface area contributed by atoms with Crippen LogP contribution in [0.15, 0.2) is 36.4 Å². The Labute approximate surface area is 275 Å². The molecule has 2 N–H and O–H groups in total. The van der Waals surface area contributed by atoms with E-state index < -0.39 is 11.9 Å². The van der Waals surface area contributed by atoms with Crippen molar-refractivity contribution in [1.82, 2.24) is 40.0 Å². The summed E-state index contributed by atoms with van der Waals surface area (Å²) >= 11 is 0. The first-order valence-corrected chi connectivity index (χ1v) is 16.7. The third kappa shape index (κ3) is 8.40. The number of benzene rings is 1. The van der Waals surface area contributed by atoms with Gasteiger partial charge in [0, 0.05) is 58.4 Å². The van der Waals surface area contributed by atoms with Gasteiger partial charge < -0.3 is 35.0 Å². The highest BCUT2D eigenvalue weighted by Crippen LogP contribution is 2.23. The number of nitrogens with one attached hydrogen (secondary N) is 2. The monoisotopic (exact) mass is 650 g/mol. The Morgan fingerprint density at radius 2 is 1.66 bits per heavy atom. The standard InChI is InChI=1S/C33H46N8O6/c1-3-4-15-37(2)33(46)39-19-17-38(18-20-39)28(42)22-34-31(44)26-21-30(41(36-26)25-12-6-5-7-13-25)47-23-29(43)40-16-9-14-27(40)32(45)35-24-10-8-11-24/h5-7,12-13,21,24,27H,3-4,8-11,14-20,22-23H2,1-2H3,(H,34,44)(H,35,45)/t27-/m0/s1. The van der Waals surface area contributed by atoms with Crippen molar-refractivity contribution in [2.75, 3.05) is 59.5 Å². The lowest BCUT2D eigenvalue weighted by molar-refractivity contribution is -0.140. The predicted octanol–water partition coefficient (Wildman–Crippen LogP) is 1.64. The number of likely N-dealkylation sites (tertiary alicyclic amines) is 1. The second kappa shape index (κ2) is 15.8. The number of unbranched alkanes of at least 4 members (excludes halogenated alkanes) is 1. The van der Waals surface area contributed by atoms with Crippen molar-refractivity contribution in [3.05, 3.63) is 42.1 Å². The molecule has 1 atom stereocenters. The van der Waals surface area contributed by atoms with E-state index in [4.69, 9.17) is 4.74 Å². The normalized spacial score (nSPS) is 18.0. The summed E-state index contributed by atoms with van der Waals surface area (Å²) in [6.45, 7) is 4.33. The fourth-order valence-corrected chi connectivity index (χ4v) is 5.98. The molecule has 0 bridgehead atoms. The molecule has 0 radical (unpaired) electrons. The highest BCUT2D eigenvalue weighted by Gasteiger charge is 2.36. The Balaban J connectivity index is 1.16. The van der Waals surface area contributed by atoms with Crippen LogP contribution in [0.4, 0.5) is 4.79 Å². The summed E-state index contributed by atoms with van der Waals surface area (Å²) in [5.74, 6) is -1.07. The molecule has 254 valence electrons. The van der Waals surface area contributed by atoms with Crippen molar-refractivity contribution in [3.63, 3.8) is 0 Å². The van der Waals surface area contributed by atoms with Gasteiger partial charge in [-0.1, -0.05) is 31.5 Å². The molecular weight excluding hydrogens is 604 g/mol. The first-order valence-electron chi connectivity index (χ1n) is 16.7. The Bertz CT molecular complexity index is 1420. The minimum absolute atomic E-state index is 0.0218. The van der Waals surface area contributed by atoms with Crippen molar-refractivity contribution >= 4 is 29.7 Å². The quantitative estimate of drug-likeness (QED) is 0.355. The van der Waals surface area contributed by atoms with Crippen molar-refractivity contribution in [2.24, 2.45) is 0 Å². The van der Waals surface area contributed by atoms with Gasteiger partial charge in [0.25, 0.3) is 11.8 Å². The minimum Gasteiger partial charge on any atom is -0.467 e. The van der Waals surface area contributed by atoms with Crippen molar-refractivity contribution < 1.29 is 28.7 Å². The molecule has 1 aromatic carbocycles. The summed E-state index contributed by atoms with van der Waals surface area (Å²) in [5.41, 5.74) is 0.644.